The summed E-state index contributed by atoms with van der Waals surface area (Å²) < 4.78 is 12.6. The van der Waals surface area contributed by atoms with Crippen LogP contribution in [0.25, 0.3) is 0 Å². The van der Waals surface area contributed by atoms with Crippen LogP contribution in [0.15, 0.2) is 24.3 Å². The average Bonchev–Trinajstić information content (AvgIpc) is 2.23. The van der Waals surface area contributed by atoms with Crippen LogP contribution in [0.2, 0.25) is 0 Å². The predicted octanol–water partition coefficient (Wildman–Crippen LogP) is 1.07. The fourth-order valence-electron chi connectivity index (χ4n) is 1.72. The fourth-order valence-corrected chi connectivity index (χ4v) is 1.72. The molecule has 1 fully saturated rings. The minimum absolute atomic E-state index is 0.158. The Kier molecular flexibility index (Phi) is 3.11. The maximum atomic E-state index is 12.6. The third-order valence-electron chi connectivity index (χ3n) is 2.53. The molecule has 1 aliphatic heterocycles. The second-order valence-electron chi connectivity index (χ2n) is 3.65. The van der Waals surface area contributed by atoms with Gasteiger partial charge in [-0.2, -0.15) is 4.90 Å². The Labute approximate surface area is 83.7 Å². The van der Waals surface area contributed by atoms with E-state index in [2.05, 4.69) is 10.2 Å². The molecule has 2 nitrogen and oxygen atoms in total. The highest BCUT2D eigenvalue weighted by Gasteiger charge is 2.18. The summed E-state index contributed by atoms with van der Waals surface area (Å²) in [5.74, 6) is -0.158. The summed E-state index contributed by atoms with van der Waals surface area (Å²) >= 11 is 0. The Balaban J connectivity index is 1.92. The average molecular weight is 194 g/mol. The van der Waals surface area contributed by atoms with Gasteiger partial charge in [0, 0.05) is 18.7 Å². The number of hydrogen-bond donors (Lipinski definition) is 1. The third kappa shape index (κ3) is 2.53. The van der Waals surface area contributed by atoms with E-state index in [4.69, 9.17) is 0 Å². The first-order chi connectivity index (χ1) is 6.84. The Hall–Kier alpha value is -0.930. The molecule has 0 bridgehead atoms. The van der Waals surface area contributed by atoms with E-state index in [1.807, 2.05) is 12.1 Å². The minimum atomic E-state index is -0.158. The molecule has 3 heteroatoms. The molecule has 0 aliphatic carbocycles. The molecule has 0 spiro atoms. The molecule has 1 radical (unpaired) electrons. The molecule has 1 aromatic carbocycles. The van der Waals surface area contributed by atoms with E-state index in [1.54, 1.807) is 0 Å². The van der Waals surface area contributed by atoms with Gasteiger partial charge in [0.15, 0.2) is 0 Å². The van der Waals surface area contributed by atoms with Crippen LogP contribution in [0.5, 0.6) is 0 Å². The van der Waals surface area contributed by atoms with Crippen LogP contribution in [0.3, 0.4) is 0 Å². The van der Waals surface area contributed by atoms with Crippen molar-refractivity contribution in [2.75, 3.05) is 26.2 Å². The topological polar surface area (TPSA) is 17.9 Å². The smallest absolute Gasteiger partial charge is 0.148 e. The van der Waals surface area contributed by atoms with Gasteiger partial charge in [0.2, 0.25) is 0 Å². The molecule has 1 aromatic rings. The van der Waals surface area contributed by atoms with E-state index >= 15 is 0 Å². The normalized spacial score (nSPS) is 18.4. The number of hydrogen-bond acceptors (Lipinski definition) is 2. The largest absolute Gasteiger partial charge is 0.306 e. The summed E-state index contributed by atoms with van der Waals surface area (Å²) in [5, 5.41) is 3.31. The van der Waals surface area contributed by atoms with Crippen molar-refractivity contribution in [1.29, 1.82) is 0 Å². The molecule has 1 saturated heterocycles. The van der Waals surface area contributed by atoms with Crippen molar-refractivity contribution >= 4 is 0 Å². The van der Waals surface area contributed by atoms with Crippen LogP contribution in [-0.4, -0.2) is 26.2 Å². The van der Waals surface area contributed by atoms with Crippen molar-refractivity contribution in [3.63, 3.8) is 0 Å². The van der Waals surface area contributed by atoms with Gasteiger partial charge in [-0.25, -0.2) is 4.39 Å². The maximum Gasteiger partial charge on any atom is 0.148 e. The molecule has 75 valence electrons. The summed E-state index contributed by atoms with van der Waals surface area (Å²) in [4.78, 5) is 2.38. The van der Waals surface area contributed by atoms with Gasteiger partial charge in [-0.05, 0) is 12.1 Å². The molecular formula is C11H15FN2+. The maximum absolute atomic E-state index is 12.6. The first kappa shape index (κ1) is 9.62. The van der Waals surface area contributed by atoms with E-state index in [1.165, 1.54) is 17.7 Å². The van der Waals surface area contributed by atoms with Gasteiger partial charge in [-0.15, -0.1) is 0 Å². The minimum Gasteiger partial charge on any atom is -0.306 e. The van der Waals surface area contributed by atoms with Crippen molar-refractivity contribution < 1.29 is 4.39 Å². The molecule has 14 heavy (non-hydrogen) atoms. The van der Waals surface area contributed by atoms with Crippen LogP contribution in [0.4, 0.5) is 4.39 Å². The fraction of sp³-hybridized carbons (Fsp3) is 0.455. The summed E-state index contributed by atoms with van der Waals surface area (Å²) in [7, 11) is 0. The highest BCUT2D eigenvalue weighted by molar-refractivity contribution is 5.16. The molecule has 0 aromatic heterocycles. The zero-order valence-corrected chi connectivity index (χ0v) is 8.17. The van der Waals surface area contributed by atoms with Crippen LogP contribution >= 0.6 is 0 Å². The highest BCUT2D eigenvalue weighted by atomic mass is 19.1. The van der Waals surface area contributed by atoms with E-state index in [0.717, 1.165) is 32.7 Å². The van der Waals surface area contributed by atoms with Gasteiger partial charge in [-0.1, -0.05) is 12.1 Å². The van der Waals surface area contributed by atoms with Crippen molar-refractivity contribution in [3.05, 3.63) is 35.6 Å². The van der Waals surface area contributed by atoms with E-state index in [0.29, 0.717) is 0 Å². The molecule has 2 rings (SSSR count). The molecule has 1 aliphatic rings. The lowest BCUT2D eigenvalue weighted by Gasteiger charge is -2.17. The number of nitrogens with one attached hydrogen (secondary N) is 1. The van der Waals surface area contributed by atoms with Crippen molar-refractivity contribution in [1.82, 2.24) is 10.2 Å². The van der Waals surface area contributed by atoms with E-state index < -0.39 is 0 Å². The van der Waals surface area contributed by atoms with E-state index in [9.17, 15) is 4.39 Å². The number of rotatable bonds is 2. The first-order valence-electron chi connectivity index (χ1n) is 5.02. The van der Waals surface area contributed by atoms with Crippen molar-refractivity contribution in [2.45, 2.75) is 6.54 Å². The monoisotopic (exact) mass is 194 g/mol. The highest BCUT2D eigenvalue weighted by Crippen LogP contribution is 2.05. The van der Waals surface area contributed by atoms with E-state index in [-0.39, 0.29) is 5.82 Å². The molecule has 1 N–H and O–H groups in total. The first-order valence-corrected chi connectivity index (χ1v) is 5.02. The lowest BCUT2D eigenvalue weighted by molar-refractivity contribution is 0.349. The molecular weight excluding hydrogens is 179 g/mol. The van der Waals surface area contributed by atoms with Crippen molar-refractivity contribution in [3.8, 4) is 0 Å². The lowest BCUT2D eigenvalue weighted by atomic mass is 10.2. The van der Waals surface area contributed by atoms with Crippen LogP contribution in [-0.2, 0) is 6.54 Å². The second-order valence-corrected chi connectivity index (χ2v) is 3.65. The van der Waals surface area contributed by atoms with Crippen LogP contribution < -0.4 is 10.2 Å². The molecule has 0 unspecified atom stereocenters. The Morgan fingerprint density at radius 1 is 1.14 bits per heavy atom. The Morgan fingerprint density at radius 3 is 2.43 bits per heavy atom. The SMILES string of the molecule is Fc1ccc(C[N+]2CCNCC2)cc1. The summed E-state index contributed by atoms with van der Waals surface area (Å²) in [6, 6.07) is 6.77. The standard InChI is InChI=1S/C11H15FN2/c12-11-3-1-10(2-4-11)9-14-7-5-13-6-8-14/h1-4,13H,5-9H2/q+1. The summed E-state index contributed by atoms with van der Waals surface area (Å²) in [6.45, 7) is 5.21. The molecule has 1 heterocycles. The van der Waals surface area contributed by atoms with Gasteiger partial charge < -0.3 is 5.32 Å². The molecule has 0 saturated carbocycles. The second kappa shape index (κ2) is 4.53. The number of benzene rings is 1. The zero-order valence-electron chi connectivity index (χ0n) is 8.17. The quantitative estimate of drug-likeness (QED) is 0.697. The van der Waals surface area contributed by atoms with Crippen LogP contribution in [0.1, 0.15) is 5.56 Å². The molecule has 0 amide bonds. The van der Waals surface area contributed by atoms with Gasteiger partial charge in [0.1, 0.15) is 25.5 Å². The lowest BCUT2D eigenvalue weighted by Crippen LogP contribution is -2.46. The predicted molar refractivity (Wildman–Crippen MR) is 54.8 cm³/mol. The van der Waals surface area contributed by atoms with Crippen molar-refractivity contribution in [2.24, 2.45) is 0 Å². The molecule has 0 atom stereocenters. The third-order valence-corrected chi connectivity index (χ3v) is 2.53. The van der Waals surface area contributed by atoms with Gasteiger partial charge >= 0.3 is 0 Å². The van der Waals surface area contributed by atoms with Crippen LogP contribution in [0, 0.1) is 5.82 Å². The van der Waals surface area contributed by atoms with Gasteiger partial charge in [0.25, 0.3) is 0 Å². The number of piperazine rings is 1. The van der Waals surface area contributed by atoms with Gasteiger partial charge in [0.05, 0.1) is 0 Å². The Bertz CT molecular complexity index is 278. The summed E-state index contributed by atoms with van der Waals surface area (Å²) in [5.41, 5.74) is 1.19. The zero-order chi connectivity index (χ0) is 9.80. The van der Waals surface area contributed by atoms with Gasteiger partial charge in [-0.3, -0.25) is 0 Å². The Morgan fingerprint density at radius 2 is 1.79 bits per heavy atom. The number of nitrogens with zero attached hydrogens (tertiary/aromatic N) is 1. The summed E-state index contributed by atoms with van der Waals surface area (Å²) in [6.07, 6.45) is 0. The number of halogens is 1.